The lowest BCUT2D eigenvalue weighted by molar-refractivity contribution is -0.384. The third kappa shape index (κ3) is 4.69. The third-order valence-corrected chi connectivity index (χ3v) is 3.59. The molecular weight excluding hydrogens is 343 g/mol. The van der Waals surface area contributed by atoms with E-state index in [9.17, 15) is 19.3 Å². The first-order valence-corrected chi connectivity index (χ1v) is 8.02. The average Bonchev–Trinajstić information content (AvgIpc) is 2.63. The molecular formula is C18H19FN2O5. The van der Waals surface area contributed by atoms with Gasteiger partial charge in [0, 0.05) is 17.7 Å². The number of methoxy groups -OCH3 is 1. The van der Waals surface area contributed by atoms with Crippen molar-refractivity contribution < 1.29 is 23.6 Å². The number of benzene rings is 2. The van der Waals surface area contributed by atoms with Crippen molar-refractivity contribution in [2.45, 2.75) is 19.8 Å². The zero-order valence-electron chi connectivity index (χ0n) is 14.5. The quantitative estimate of drug-likeness (QED) is 0.432. The highest BCUT2D eigenvalue weighted by Crippen LogP contribution is 2.29. The summed E-state index contributed by atoms with van der Waals surface area (Å²) in [6.45, 7) is 2.57. The number of nitrogens with one attached hydrogen (secondary N) is 1. The molecule has 0 radical (unpaired) electrons. The maximum absolute atomic E-state index is 13.8. The number of hydrogen-bond acceptors (Lipinski definition) is 5. The van der Waals surface area contributed by atoms with Crippen LogP contribution in [0.2, 0.25) is 0 Å². The number of anilines is 1. The topological polar surface area (TPSA) is 90.7 Å². The van der Waals surface area contributed by atoms with Gasteiger partial charge in [-0.25, -0.2) is 4.39 Å². The van der Waals surface area contributed by atoms with Crippen molar-refractivity contribution in [2.24, 2.45) is 0 Å². The van der Waals surface area contributed by atoms with Crippen LogP contribution >= 0.6 is 0 Å². The molecule has 7 nitrogen and oxygen atoms in total. The van der Waals surface area contributed by atoms with Crippen molar-refractivity contribution in [1.82, 2.24) is 0 Å². The fourth-order valence-corrected chi connectivity index (χ4v) is 2.17. The molecule has 0 aliphatic rings. The number of nitro groups is 1. The fourth-order valence-electron chi connectivity index (χ4n) is 2.17. The summed E-state index contributed by atoms with van der Waals surface area (Å²) in [6, 6.07) is 7.48. The predicted octanol–water partition coefficient (Wildman–Crippen LogP) is 4.17. The molecule has 0 unspecified atom stereocenters. The van der Waals surface area contributed by atoms with Crippen molar-refractivity contribution in [3.05, 3.63) is 57.9 Å². The van der Waals surface area contributed by atoms with E-state index in [0.717, 1.165) is 31.0 Å². The summed E-state index contributed by atoms with van der Waals surface area (Å²) in [5, 5.41) is 13.1. The Kier molecular flexibility index (Phi) is 6.48. The summed E-state index contributed by atoms with van der Waals surface area (Å²) >= 11 is 0. The largest absolute Gasteiger partial charge is 0.493 e. The number of nitrogens with zero attached hydrogens (tertiary/aromatic N) is 1. The van der Waals surface area contributed by atoms with Crippen LogP contribution < -0.4 is 14.8 Å². The van der Waals surface area contributed by atoms with E-state index in [2.05, 4.69) is 5.32 Å². The number of carbonyl (C=O) groups is 1. The van der Waals surface area contributed by atoms with Gasteiger partial charge in [-0.2, -0.15) is 0 Å². The Morgan fingerprint density at radius 3 is 2.65 bits per heavy atom. The molecule has 0 saturated heterocycles. The van der Waals surface area contributed by atoms with Crippen LogP contribution in [0.15, 0.2) is 36.4 Å². The van der Waals surface area contributed by atoms with E-state index in [1.54, 1.807) is 6.07 Å². The van der Waals surface area contributed by atoms with Crippen LogP contribution in [0.5, 0.6) is 11.5 Å². The molecule has 2 aromatic carbocycles. The molecule has 0 aromatic heterocycles. The number of carbonyl (C=O) groups excluding carboxylic acids is 1. The Hall–Kier alpha value is -3.16. The smallest absolute Gasteiger partial charge is 0.271 e. The first-order valence-electron chi connectivity index (χ1n) is 8.02. The van der Waals surface area contributed by atoms with Crippen LogP contribution in [-0.2, 0) is 0 Å². The summed E-state index contributed by atoms with van der Waals surface area (Å²) in [5.74, 6) is -0.523. The first-order chi connectivity index (χ1) is 12.5. The van der Waals surface area contributed by atoms with Crippen molar-refractivity contribution >= 4 is 17.3 Å². The van der Waals surface area contributed by atoms with E-state index < -0.39 is 16.6 Å². The van der Waals surface area contributed by atoms with Crippen molar-refractivity contribution in [3.63, 3.8) is 0 Å². The van der Waals surface area contributed by atoms with Gasteiger partial charge in [-0.05, 0) is 30.7 Å². The number of unbranched alkanes of at least 4 members (excludes halogenated alkanes) is 1. The number of amides is 1. The molecule has 0 aliphatic carbocycles. The average molecular weight is 362 g/mol. The van der Waals surface area contributed by atoms with Crippen LogP contribution in [0.1, 0.15) is 30.1 Å². The number of ether oxygens (including phenoxy) is 2. The van der Waals surface area contributed by atoms with Crippen molar-refractivity contribution in [1.29, 1.82) is 0 Å². The van der Waals surface area contributed by atoms with Gasteiger partial charge in [0.05, 0.1) is 24.3 Å². The lowest BCUT2D eigenvalue weighted by atomic mass is 10.1. The van der Waals surface area contributed by atoms with Gasteiger partial charge in [0.2, 0.25) is 0 Å². The summed E-state index contributed by atoms with van der Waals surface area (Å²) in [6.07, 6.45) is 1.87. The molecule has 0 heterocycles. The molecule has 1 amide bonds. The highest BCUT2D eigenvalue weighted by Gasteiger charge is 2.16. The van der Waals surface area contributed by atoms with Gasteiger partial charge in [-0.1, -0.05) is 13.3 Å². The van der Waals surface area contributed by atoms with Crippen LogP contribution in [0.4, 0.5) is 15.8 Å². The second kappa shape index (κ2) is 8.80. The lowest BCUT2D eigenvalue weighted by Crippen LogP contribution is -2.13. The van der Waals surface area contributed by atoms with Gasteiger partial charge < -0.3 is 14.8 Å². The molecule has 0 bridgehead atoms. The van der Waals surface area contributed by atoms with Gasteiger partial charge in [0.15, 0.2) is 11.5 Å². The maximum atomic E-state index is 13.8. The number of halogens is 1. The minimum Gasteiger partial charge on any atom is -0.493 e. The van der Waals surface area contributed by atoms with E-state index in [1.807, 2.05) is 6.92 Å². The zero-order chi connectivity index (χ0) is 19.1. The Balaban J connectivity index is 2.19. The molecule has 0 aliphatic heterocycles. The summed E-state index contributed by atoms with van der Waals surface area (Å²) < 4.78 is 24.6. The maximum Gasteiger partial charge on any atom is 0.271 e. The van der Waals surface area contributed by atoms with Gasteiger partial charge in [0.1, 0.15) is 5.82 Å². The monoisotopic (exact) mass is 362 g/mol. The number of non-ortho nitro benzene ring substituents is 1. The van der Waals surface area contributed by atoms with Crippen LogP contribution in [0.25, 0.3) is 0 Å². The minimum atomic E-state index is -0.768. The lowest BCUT2D eigenvalue weighted by Gasteiger charge is -2.12. The van der Waals surface area contributed by atoms with E-state index in [1.165, 1.54) is 19.2 Å². The Morgan fingerprint density at radius 2 is 2.00 bits per heavy atom. The second-order valence-electron chi connectivity index (χ2n) is 5.44. The molecule has 0 fully saturated rings. The van der Waals surface area contributed by atoms with E-state index in [0.29, 0.717) is 18.1 Å². The third-order valence-electron chi connectivity index (χ3n) is 3.59. The Morgan fingerprint density at radius 1 is 1.23 bits per heavy atom. The van der Waals surface area contributed by atoms with Crippen LogP contribution in [0.3, 0.4) is 0 Å². The second-order valence-corrected chi connectivity index (χ2v) is 5.44. The molecule has 26 heavy (non-hydrogen) atoms. The fraction of sp³-hybridized carbons (Fsp3) is 0.278. The molecule has 138 valence electrons. The molecule has 0 saturated carbocycles. The molecule has 1 N–H and O–H groups in total. The predicted molar refractivity (Wildman–Crippen MR) is 94.4 cm³/mol. The highest BCUT2D eigenvalue weighted by molar-refractivity contribution is 6.04. The molecule has 0 atom stereocenters. The SMILES string of the molecule is CCCCOc1ccc(C(=O)Nc2cc([N+](=O)[O-])ccc2F)cc1OC. The summed E-state index contributed by atoms with van der Waals surface area (Å²) in [5.41, 5.74) is -0.388. The van der Waals surface area contributed by atoms with Crippen molar-refractivity contribution in [2.75, 3.05) is 19.0 Å². The zero-order valence-corrected chi connectivity index (χ0v) is 14.5. The van der Waals surface area contributed by atoms with Gasteiger partial charge in [0.25, 0.3) is 11.6 Å². The molecule has 8 heteroatoms. The molecule has 2 aromatic rings. The summed E-state index contributed by atoms with van der Waals surface area (Å²) in [7, 11) is 1.45. The standard InChI is InChI=1S/C18H19FN2O5/c1-3-4-9-26-16-8-5-12(10-17(16)25-2)18(22)20-15-11-13(21(23)24)6-7-14(15)19/h5-8,10-11H,3-4,9H2,1-2H3,(H,20,22). The van der Waals surface area contributed by atoms with Crippen molar-refractivity contribution in [3.8, 4) is 11.5 Å². The van der Waals surface area contributed by atoms with Gasteiger partial charge in [-0.15, -0.1) is 0 Å². The minimum absolute atomic E-state index is 0.204. The van der Waals surface area contributed by atoms with E-state index in [-0.39, 0.29) is 16.9 Å². The van der Waals surface area contributed by atoms with E-state index >= 15 is 0 Å². The first kappa shape index (κ1) is 19.2. The van der Waals surface area contributed by atoms with Crippen LogP contribution in [0, 0.1) is 15.9 Å². The van der Waals surface area contributed by atoms with Crippen LogP contribution in [-0.4, -0.2) is 24.5 Å². The highest BCUT2D eigenvalue weighted by atomic mass is 19.1. The number of hydrogen-bond donors (Lipinski definition) is 1. The Labute approximate surface area is 149 Å². The summed E-state index contributed by atoms with van der Waals surface area (Å²) in [4.78, 5) is 22.5. The van der Waals surface area contributed by atoms with Gasteiger partial charge >= 0.3 is 0 Å². The molecule has 0 spiro atoms. The van der Waals surface area contributed by atoms with E-state index in [4.69, 9.17) is 9.47 Å². The Bertz CT molecular complexity index is 810. The normalized spacial score (nSPS) is 10.3. The number of rotatable bonds is 8. The molecule has 2 rings (SSSR count). The van der Waals surface area contributed by atoms with Gasteiger partial charge in [-0.3, -0.25) is 14.9 Å². The number of nitro benzene ring substituents is 1.